The maximum absolute atomic E-state index is 5.52. The minimum Gasteiger partial charge on any atom is -1.00 e. The Hall–Kier alpha value is 0.320. The lowest BCUT2D eigenvalue weighted by molar-refractivity contribution is -0.907. The van der Waals surface area contributed by atoms with E-state index in [0.29, 0.717) is 13.2 Å². The van der Waals surface area contributed by atoms with Gasteiger partial charge in [-0.3, -0.25) is 0 Å². The Morgan fingerprint density at radius 3 is 2.18 bits per heavy atom. The van der Waals surface area contributed by atoms with Crippen LogP contribution in [0.25, 0.3) is 0 Å². The van der Waals surface area contributed by atoms with Gasteiger partial charge in [0.05, 0.1) is 40.0 Å². The number of methoxy groups -OCH3 is 1. The summed E-state index contributed by atoms with van der Waals surface area (Å²) in [6.07, 6.45) is 0. The van der Waals surface area contributed by atoms with Crippen LogP contribution in [-0.2, 0) is 9.47 Å². The molecule has 4 nitrogen and oxygen atoms in total. The lowest BCUT2D eigenvalue weighted by Gasteiger charge is -2.34. The predicted octanol–water partition coefficient (Wildman–Crippen LogP) is -2.32. The van der Waals surface area contributed by atoms with Crippen molar-refractivity contribution in [1.29, 1.82) is 0 Å². The molecule has 0 rings (SSSR count). The number of quaternary nitrogens is 1. The summed E-state index contributed by atoms with van der Waals surface area (Å²) in [6, 6.07) is 0. The molecule has 17 heavy (non-hydrogen) atoms. The van der Waals surface area contributed by atoms with Gasteiger partial charge in [0, 0.05) is 13.7 Å². The smallest absolute Gasteiger partial charge is 0.102 e. The Bertz CT molecular complexity index is 171. The number of halogens is 1. The molecular formula is C12H29BrN2O2. The third kappa shape index (κ3) is 11.2. The quantitative estimate of drug-likeness (QED) is 0.334. The molecule has 0 saturated heterocycles. The molecule has 0 aromatic heterocycles. The fourth-order valence-electron chi connectivity index (χ4n) is 1.40. The molecule has 0 aliphatic heterocycles. The molecule has 0 fully saturated rings. The van der Waals surface area contributed by atoms with Crippen LogP contribution >= 0.6 is 0 Å². The first kappa shape index (κ1) is 19.7. The Balaban J connectivity index is 0. The molecule has 0 amide bonds. The Morgan fingerprint density at radius 1 is 1.06 bits per heavy atom. The highest BCUT2D eigenvalue weighted by atomic mass is 79.9. The van der Waals surface area contributed by atoms with Gasteiger partial charge in [0.25, 0.3) is 0 Å². The van der Waals surface area contributed by atoms with Gasteiger partial charge in [-0.2, -0.15) is 0 Å². The highest BCUT2D eigenvalue weighted by Gasteiger charge is 2.18. The van der Waals surface area contributed by atoms with Crippen molar-refractivity contribution in [2.75, 3.05) is 74.3 Å². The predicted molar refractivity (Wildman–Crippen MR) is 67.7 cm³/mol. The molecular weight excluding hydrogens is 284 g/mol. The van der Waals surface area contributed by atoms with Crippen molar-refractivity contribution in [3.63, 3.8) is 0 Å². The normalized spacial score (nSPS) is 14.5. The maximum atomic E-state index is 5.52. The third-order valence-electron chi connectivity index (χ3n) is 3.06. The largest absolute Gasteiger partial charge is 1.00 e. The van der Waals surface area contributed by atoms with Crippen LogP contribution in [0.15, 0.2) is 0 Å². The first-order chi connectivity index (χ1) is 7.54. The van der Waals surface area contributed by atoms with Gasteiger partial charge < -0.3 is 35.8 Å². The Morgan fingerprint density at radius 2 is 1.71 bits per heavy atom. The van der Waals surface area contributed by atoms with Crippen molar-refractivity contribution in [3.8, 4) is 0 Å². The average molecular weight is 313 g/mol. The van der Waals surface area contributed by atoms with Crippen molar-refractivity contribution in [3.05, 3.63) is 0 Å². The van der Waals surface area contributed by atoms with E-state index in [4.69, 9.17) is 9.47 Å². The molecule has 0 aromatic carbocycles. The lowest BCUT2D eigenvalue weighted by atomic mass is 10.3. The first-order valence-corrected chi connectivity index (χ1v) is 6.09. The minimum atomic E-state index is 0. The topological polar surface area (TPSA) is 21.7 Å². The molecule has 0 aromatic rings. The van der Waals surface area contributed by atoms with Crippen molar-refractivity contribution < 1.29 is 30.9 Å². The summed E-state index contributed by atoms with van der Waals surface area (Å²) in [5, 5.41) is 0. The fourth-order valence-corrected chi connectivity index (χ4v) is 1.40. The van der Waals surface area contributed by atoms with E-state index in [1.54, 1.807) is 7.11 Å². The molecule has 0 aliphatic carbocycles. The molecule has 0 spiro atoms. The molecule has 1 unspecified atom stereocenters. The van der Waals surface area contributed by atoms with Crippen LogP contribution in [0, 0.1) is 0 Å². The van der Waals surface area contributed by atoms with Crippen LogP contribution in [0.4, 0.5) is 0 Å². The van der Waals surface area contributed by atoms with E-state index in [9.17, 15) is 0 Å². The second kappa shape index (κ2) is 11.4. The Kier molecular flexibility index (Phi) is 13.2. The highest BCUT2D eigenvalue weighted by molar-refractivity contribution is 4.44. The zero-order chi connectivity index (χ0) is 12.4. The monoisotopic (exact) mass is 312 g/mol. The molecule has 1 atom stereocenters. The van der Waals surface area contributed by atoms with Crippen molar-refractivity contribution in [2.24, 2.45) is 0 Å². The summed E-state index contributed by atoms with van der Waals surface area (Å²) in [4.78, 5) is 2.23. The SMILES string of the molecule is CC[N+](C)(CCOCCOC)CCN(C)C.[Br-]. The van der Waals surface area contributed by atoms with Crippen molar-refractivity contribution >= 4 is 0 Å². The highest BCUT2D eigenvalue weighted by Crippen LogP contribution is 2.01. The van der Waals surface area contributed by atoms with Gasteiger partial charge in [-0.05, 0) is 21.0 Å². The third-order valence-corrected chi connectivity index (χ3v) is 3.06. The second-order valence-corrected chi connectivity index (χ2v) is 4.79. The van der Waals surface area contributed by atoms with Gasteiger partial charge in [-0.15, -0.1) is 0 Å². The zero-order valence-electron chi connectivity index (χ0n) is 12.0. The summed E-state index contributed by atoms with van der Waals surface area (Å²) >= 11 is 0. The van der Waals surface area contributed by atoms with Crippen LogP contribution in [0.3, 0.4) is 0 Å². The summed E-state index contributed by atoms with van der Waals surface area (Å²) in [5.41, 5.74) is 0. The van der Waals surface area contributed by atoms with Gasteiger partial charge >= 0.3 is 0 Å². The summed E-state index contributed by atoms with van der Waals surface area (Å²) in [7, 11) is 8.24. The van der Waals surface area contributed by atoms with Gasteiger partial charge in [-0.1, -0.05) is 0 Å². The van der Waals surface area contributed by atoms with Gasteiger partial charge in [0.15, 0.2) is 0 Å². The number of rotatable bonds is 10. The van der Waals surface area contributed by atoms with E-state index < -0.39 is 0 Å². The van der Waals surface area contributed by atoms with Crippen LogP contribution in [0.5, 0.6) is 0 Å². The summed E-state index contributed by atoms with van der Waals surface area (Å²) < 4.78 is 11.5. The standard InChI is InChI=1S/C12H29N2O2.BrH/c1-6-14(4,8-7-13(2)3)9-10-16-12-11-15-5;/h6-12H2,1-5H3;1H/q+1;/p-1. The number of likely N-dealkylation sites (N-methyl/N-ethyl adjacent to an activating group) is 2. The molecule has 106 valence electrons. The van der Waals surface area contributed by atoms with Crippen LogP contribution in [0.1, 0.15) is 6.92 Å². The van der Waals surface area contributed by atoms with Gasteiger partial charge in [-0.25, -0.2) is 0 Å². The minimum absolute atomic E-state index is 0. The fraction of sp³-hybridized carbons (Fsp3) is 1.00. The van der Waals surface area contributed by atoms with Crippen LogP contribution in [0.2, 0.25) is 0 Å². The maximum Gasteiger partial charge on any atom is 0.102 e. The molecule has 0 aliphatic rings. The average Bonchev–Trinajstić information content (AvgIpc) is 2.26. The van der Waals surface area contributed by atoms with Gasteiger partial charge in [0.2, 0.25) is 0 Å². The number of hydrogen-bond donors (Lipinski definition) is 0. The summed E-state index contributed by atoms with van der Waals surface area (Å²) in [5.74, 6) is 0. The molecule has 0 bridgehead atoms. The zero-order valence-corrected chi connectivity index (χ0v) is 13.6. The molecule has 5 heteroatoms. The van der Waals surface area contributed by atoms with E-state index in [1.165, 1.54) is 6.54 Å². The number of nitrogens with zero attached hydrogens (tertiary/aromatic N) is 2. The molecule has 0 radical (unpaired) electrons. The van der Waals surface area contributed by atoms with Crippen LogP contribution in [-0.4, -0.2) is 83.6 Å². The first-order valence-electron chi connectivity index (χ1n) is 6.09. The second-order valence-electron chi connectivity index (χ2n) is 4.79. The van der Waals surface area contributed by atoms with E-state index in [-0.39, 0.29) is 17.0 Å². The van der Waals surface area contributed by atoms with Crippen molar-refractivity contribution in [1.82, 2.24) is 4.90 Å². The molecule has 0 saturated carbocycles. The Labute approximate surface area is 117 Å². The number of ether oxygens (including phenoxy) is 2. The van der Waals surface area contributed by atoms with Crippen molar-refractivity contribution in [2.45, 2.75) is 6.92 Å². The van der Waals surface area contributed by atoms with E-state index in [1.807, 2.05) is 0 Å². The molecule has 0 N–H and O–H groups in total. The van der Waals surface area contributed by atoms with E-state index >= 15 is 0 Å². The van der Waals surface area contributed by atoms with Gasteiger partial charge in [0.1, 0.15) is 6.54 Å². The molecule has 0 heterocycles. The lowest BCUT2D eigenvalue weighted by Crippen LogP contribution is -3.00. The van der Waals surface area contributed by atoms with E-state index in [0.717, 1.165) is 30.7 Å². The number of hydrogen-bond acceptors (Lipinski definition) is 3. The van der Waals surface area contributed by atoms with Crippen LogP contribution < -0.4 is 17.0 Å². The van der Waals surface area contributed by atoms with E-state index in [2.05, 4.69) is 33.0 Å². The summed E-state index contributed by atoms with van der Waals surface area (Å²) in [6.45, 7) is 8.99.